The molecule has 1 saturated carbocycles. The zero-order valence-corrected chi connectivity index (χ0v) is 12.6. The van der Waals surface area contributed by atoms with Crippen molar-refractivity contribution >= 4 is 38.7 Å². The molecule has 0 saturated heterocycles. The Morgan fingerprint density at radius 3 is 3.06 bits per heavy atom. The van der Waals surface area contributed by atoms with E-state index in [1.807, 2.05) is 12.3 Å². The number of pyridine rings is 1. The molecular weight excluding hydrogens is 314 g/mol. The van der Waals surface area contributed by atoms with Gasteiger partial charge in [-0.3, -0.25) is 0 Å². The van der Waals surface area contributed by atoms with Gasteiger partial charge in [0.1, 0.15) is 11.3 Å². The van der Waals surface area contributed by atoms with Gasteiger partial charge in [0.05, 0.1) is 0 Å². The van der Waals surface area contributed by atoms with E-state index in [2.05, 4.69) is 37.4 Å². The highest BCUT2D eigenvalue weighted by Crippen LogP contribution is 2.47. The van der Waals surface area contributed by atoms with E-state index in [9.17, 15) is 0 Å². The van der Waals surface area contributed by atoms with Crippen molar-refractivity contribution in [3.63, 3.8) is 0 Å². The number of aromatic nitrogens is 3. The molecule has 1 fully saturated rings. The van der Waals surface area contributed by atoms with Crippen molar-refractivity contribution in [1.29, 1.82) is 0 Å². The summed E-state index contributed by atoms with van der Waals surface area (Å²) in [6, 6.07) is 2.60. The van der Waals surface area contributed by atoms with E-state index in [0.29, 0.717) is 11.9 Å². The Labute approximate surface area is 120 Å². The van der Waals surface area contributed by atoms with E-state index in [-0.39, 0.29) is 0 Å². The lowest BCUT2D eigenvalue weighted by atomic mass is 10.3. The molecule has 3 rings (SSSR count). The van der Waals surface area contributed by atoms with Gasteiger partial charge in [0.2, 0.25) is 0 Å². The molecule has 18 heavy (non-hydrogen) atoms. The number of hydrogen-bond acceptors (Lipinski definition) is 2. The second-order valence-electron chi connectivity index (χ2n) is 4.80. The van der Waals surface area contributed by atoms with Crippen LogP contribution in [-0.2, 0) is 6.42 Å². The van der Waals surface area contributed by atoms with Crippen molar-refractivity contribution in [2.45, 2.75) is 32.2 Å². The molecular formula is C13H15BrClN3. The van der Waals surface area contributed by atoms with Gasteiger partial charge in [-0.2, -0.15) is 0 Å². The van der Waals surface area contributed by atoms with Crippen LogP contribution in [0.15, 0.2) is 16.7 Å². The van der Waals surface area contributed by atoms with E-state index in [4.69, 9.17) is 11.6 Å². The lowest BCUT2D eigenvalue weighted by Crippen LogP contribution is -2.04. The summed E-state index contributed by atoms with van der Waals surface area (Å²) in [4.78, 5) is 9.20. The Hall–Kier alpha value is -0.610. The minimum atomic E-state index is 0.576. The van der Waals surface area contributed by atoms with Crippen molar-refractivity contribution < 1.29 is 0 Å². The van der Waals surface area contributed by atoms with Gasteiger partial charge < -0.3 is 4.57 Å². The zero-order chi connectivity index (χ0) is 12.7. The van der Waals surface area contributed by atoms with Crippen LogP contribution in [-0.4, -0.2) is 20.4 Å². The SMILES string of the molecule is CCC1CC1n1c(CCCl)nc2cc(Br)cnc21. The fourth-order valence-corrected chi connectivity index (χ4v) is 3.09. The maximum Gasteiger partial charge on any atom is 0.160 e. The maximum atomic E-state index is 5.88. The Morgan fingerprint density at radius 2 is 2.39 bits per heavy atom. The van der Waals surface area contributed by atoms with Gasteiger partial charge in [0.25, 0.3) is 0 Å². The first kappa shape index (κ1) is 12.4. The number of rotatable bonds is 4. The molecule has 2 unspecified atom stereocenters. The molecule has 2 aromatic heterocycles. The summed E-state index contributed by atoms with van der Waals surface area (Å²) in [7, 11) is 0. The van der Waals surface area contributed by atoms with Crippen LogP contribution < -0.4 is 0 Å². The van der Waals surface area contributed by atoms with Crippen molar-refractivity contribution in [2.75, 3.05) is 5.88 Å². The van der Waals surface area contributed by atoms with Crippen LogP contribution in [0.5, 0.6) is 0 Å². The minimum absolute atomic E-state index is 0.576. The van der Waals surface area contributed by atoms with Crippen LogP contribution in [0.3, 0.4) is 0 Å². The average Bonchev–Trinajstić information content (AvgIpc) is 3.04. The summed E-state index contributed by atoms with van der Waals surface area (Å²) >= 11 is 9.32. The molecule has 0 radical (unpaired) electrons. The topological polar surface area (TPSA) is 30.7 Å². The van der Waals surface area contributed by atoms with Gasteiger partial charge in [-0.15, -0.1) is 11.6 Å². The number of halogens is 2. The van der Waals surface area contributed by atoms with E-state index < -0.39 is 0 Å². The number of nitrogens with zero attached hydrogens (tertiary/aromatic N) is 3. The highest BCUT2D eigenvalue weighted by atomic mass is 79.9. The fourth-order valence-electron chi connectivity index (χ4n) is 2.60. The Kier molecular flexibility index (Phi) is 3.32. The van der Waals surface area contributed by atoms with E-state index in [1.54, 1.807) is 0 Å². The van der Waals surface area contributed by atoms with Gasteiger partial charge in [-0.25, -0.2) is 9.97 Å². The summed E-state index contributed by atoms with van der Waals surface area (Å²) in [5, 5.41) is 0. The molecule has 1 aliphatic carbocycles. The Bertz CT molecular complexity index is 581. The standard InChI is InChI=1S/C13H15BrClN3/c1-2-8-5-11(8)18-12(3-4-15)17-10-6-9(14)7-16-13(10)18/h6-8,11H,2-5H2,1H3. The van der Waals surface area contributed by atoms with Crippen LogP contribution >= 0.6 is 27.5 Å². The molecule has 3 nitrogen and oxygen atoms in total. The molecule has 2 heterocycles. The summed E-state index contributed by atoms with van der Waals surface area (Å²) in [6.45, 7) is 2.25. The third-order valence-corrected chi connectivity index (χ3v) is 4.25. The van der Waals surface area contributed by atoms with Gasteiger partial charge in [0, 0.05) is 29.0 Å². The van der Waals surface area contributed by atoms with Crippen LogP contribution in [0, 0.1) is 5.92 Å². The third kappa shape index (κ3) is 2.05. The molecule has 2 aromatic rings. The van der Waals surface area contributed by atoms with Gasteiger partial charge in [-0.1, -0.05) is 13.3 Å². The largest absolute Gasteiger partial charge is 0.309 e. The van der Waals surface area contributed by atoms with Crippen molar-refractivity contribution in [3.8, 4) is 0 Å². The molecule has 0 aromatic carbocycles. The zero-order valence-electron chi connectivity index (χ0n) is 10.2. The van der Waals surface area contributed by atoms with E-state index in [0.717, 1.165) is 33.8 Å². The average molecular weight is 329 g/mol. The molecule has 2 atom stereocenters. The number of alkyl halides is 1. The molecule has 0 spiro atoms. The highest BCUT2D eigenvalue weighted by Gasteiger charge is 2.39. The minimum Gasteiger partial charge on any atom is -0.309 e. The number of hydrogen-bond donors (Lipinski definition) is 0. The first-order valence-electron chi connectivity index (χ1n) is 6.33. The van der Waals surface area contributed by atoms with Crippen molar-refractivity contribution in [1.82, 2.24) is 14.5 Å². The number of aryl methyl sites for hydroxylation is 1. The van der Waals surface area contributed by atoms with Gasteiger partial charge in [-0.05, 0) is 34.3 Å². The summed E-state index contributed by atoms with van der Waals surface area (Å²) in [5.41, 5.74) is 1.96. The van der Waals surface area contributed by atoms with Crippen LogP contribution in [0.25, 0.3) is 11.2 Å². The first-order valence-corrected chi connectivity index (χ1v) is 7.65. The highest BCUT2D eigenvalue weighted by molar-refractivity contribution is 9.10. The maximum absolute atomic E-state index is 5.88. The van der Waals surface area contributed by atoms with Crippen LogP contribution in [0.4, 0.5) is 0 Å². The predicted molar refractivity (Wildman–Crippen MR) is 77.1 cm³/mol. The lowest BCUT2D eigenvalue weighted by molar-refractivity contribution is 0.625. The lowest BCUT2D eigenvalue weighted by Gasteiger charge is -2.06. The monoisotopic (exact) mass is 327 g/mol. The molecule has 0 bridgehead atoms. The predicted octanol–water partition coefficient (Wildman–Crippen LogP) is 3.95. The van der Waals surface area contributed by atoms with Crippen LogP contribution in [0.1, 0.15) is 31.6 Å². The third-order valence-electron chi connectivity index (χ3n) is 3.63. The molecule has 0 amide bonds. The fraction of sp³-hybridized carbons (Fsp3) is 0.538. The van der Waals surface area contributed by atoms with E-state index in [1.165, 1.54) is 12.8 Å². The normalized spacial score (nSPS) is 22.6. The molecule has 0 N–H and O–H groups in total. The van der Waals surface area contributed by atoms with E-state index >= 15 is 0 Å². The smallest absolute Gasteiger partial charge is 0.160 e. The molecule has 96 valence electrons. The van der Waals surface area contributed by atoms with Crippen molar-refractivity contribution in [3.05, 3.63) is 22.6 Å². The van der Waals surface area contributed by atoms with Crippen LogP contribution in [0.2, 0.25) is 0 Å². The molecule has 5 heteroatoms. The number of fused-ring (bicyclic) bond motifs is 1. The first-order chi connectivity index (χ1) is 8.74. The molecule has 0 aliphatic heterocycles. The van der Waals surface area contributed by atoms with Crippen molar-refractivity contribution in [2.24, 2.45) is 5.92 Å². The summed E-state index contributed by atoms with van der Waals surface area (Å²) in [5.74, 6) is 2.46. The number of imidazole rings is 1. The quantitative estimate of drug-likeness (QED) is 0.796. The Balaban J connectivity index is 2.10. The van der Waals surface area contributed by atoms with Gasteiger partial charge >= 0.3 is 0 Å². The Morgan fingerprint density at radius 1 is 1.56 bits per heavy atom. The second-order valence-corrected chi connectivity index (χ2v) is 6.10. The second kappa shape index (κ2) is 4.82. The summed E-state index contributed by atoms with van der Waals surface area (Å²) < 4.78 is 3.28. The summed E-state index contributed by atoms with van der Waals surface area (Å²) in [6.07, 6.45) is 5.12. The van der Waals surface area contributed by atoms with Gasteiger partial charge in [0.15, 0.2) is 5.65 Å². The molecule has 1 aliphatic rings.